The molecule has 0 aromatic carbocycles. The van der Waals surface area contributed by atoms with Crippen LogP contribution in [0.4, 0.5) is 0 Å². The Morgan fingerprint density at radius 3 is 2.58 bits per heavy atom. The summed E-state index contributed by atoms with van der Waals surface area (Å²) in [7, 11) is 0. The third-order valence-corrected chi connectivity index (χ3v) is 6.40. The van der Waals surface area contributed by atoms with E-state index in [1.807, 2.05) is 0 Å². The SMILES string of the molecule is CC(C)(C)C1CCCN(C(CN)C2CCSC2)CC1. The Morgan fingerprint density at radius 2 is 2.00 bits per heavy atom. The Kier molecular flexibility index (Phi) is 5.62. The van der Waals surface area contributed by atoms with E-state index in [4.69, 9.17) is 5.73 Å². The van der Waals surface area contributed by atoms with Crippen molar-refractivity contribution in [1.82, 2.24) is 4.90 Å². The van der Waals surface area contributed by atoms with E-state index in [-0.39, 0.29) is 0 Å². The van der Waals surface area contributed by atoms with Crippen LogP contribution in [0.15, 0.2) is 0 Å². The van der Waals surface area contributed by atoms with Crippen LogP contribution in [0, 0.1) is 17.3 Å². The smallest absolute Gasteiger partial charge is 0.0254 e. The van der Waals surface area contributed by atoms with Crippen molar-refractivity contribution in [2.45, 2.75) is 52.5 Å². The minimum Gasteiger partial charge on any atom is -0.329 e. The van der Waals surface area contributed by atoms with Gasteiger partial charge in [-0.15, -0.1) is 0 Å². The second kappa shape index (κ2) is 6.82. The maximum Gasteiger partial charge on any atom is 0.0254 e. The van der Waals surface area contributed by atoms with E-state index in [1.165, 1.54) is 50.3 Å². The molecule has 0 aromatic heterocycles. The van der Waals surface area contributed by atoms with Crippen LogP contribution in [-0.4, -0.2) is 42.1 Å². The summed E-state index contributed by atoms with van der Waals surface area (Å²) in [6, 6.07) is 0.647. The molecule has 2 fully saturated rings. The van der Waals surface area contributed by atoms with E-state index >= 15 is 0 Å². The van der Waals surface area contributed by atoms with Gasteiger partial charge in [0.05, 0.1) is 0 Å². The number of thioether (sulfide) groups is 1. The van der Waals surface area contributed by atoms with E-state index in [2.05, 4.69) is 37.4 Å². The lowest BCUT2D eigenvalue weighted by molar-refractivity contribution is 0.150. The second-order valence-corrected chi connectivity index (χ2v) is 8.61. The number of nitrogens with zero attached hydrogens (tertiary/aromatic N) is 1. The molecule has 0 amide bonds. The van der Waals surface area contributed by atoms with Gasteiger partial charge in [0.25, 0.3) is 0 Å². The van der Waals surface area contributed by atoms with Crippen LogP contribution in [0.1, 0.15) is 46.5 Å². The molecule has 2 aliphatic heterocycles. The minimum atomic E-state index is 0.470. The third-order valence-electron chi connectivity index (χ3n) is 5.21. The summed E-state index contributed by atoms with van der Waals surface area (Å²) in [5, 5.41) is 0. The first-order chi connectivity index (χ1) is 9.02. The van der Waals surface area contributed by atoms with Crippen molar-refractivity contribution in [3.63, 3.8) is 0 Å². The van der Waals surface area contributed by atoms with Crippen LogP contribution in [0.25, 0.3) is 0 Å². The molecule has 2 aliphatic rings. The van der Waals surface area contributed by atoms with E-state index in [0.29, 0.717) is 11.5 Å². The maximum atomic E-state index is 6.10. The van der Waals surface area contributed by atoms with Crippen molar-refractivity contribution in [3.05, 3.63) is 0 Å². The summed E-state index contributed by atoms with van der Waals surface area (Å²) < 4.78 is 0. The zero-order valence-corrected chi connectivity index (χ0v) is 13.8. The van der Waals surface area contributed by atoms with Crippen molar-refractivity contribution in [1.29, 1.82) is 0 Å². The maximum absolute atomic E-state index is 6.10. The average molecular weight is 285 g/mol. The van der Waals surface area contributed by atoms with Crippen LogP contribution in [0.3, 0.4) is 0 Å². The molecule has 0 bridgehead atoms. The molecule has 2 saturated heterocycles. The van der Waals surface area contributed by atoms with Gasteiger partial charge in [-0.1, -0.05) is 20.8 Å². The molecule has 0 aromatic rings. The summed E-state index contributed by atoms with van der Waals surface area (Å²) in [5.41, 5.74) is 6.57. The highest BCUT2D eigenvalue weighted by Gasteiger charge is 2.32. The third kappa shape index (κ3) is 4.12. The Balaban J connectivity index is 1.93. The molecule has 3 unspecified atom stereocenters. The lowest BCUT2D eigenvalue weighted by atomic mass is 9.77. The number of rotatable bonds is 3. The van der Waals surface area contributed by atoms with E-state index in [9.17, 15) is 0 Å². The van der Waals surface area contributed by atoms with Crippen molar-refractivity contribution < 1.29 is 0 Å². The topological polar surface area (TPSA) is 29.3 Å². The largest absolute Gasteiger partial charge is 0.329 e. The average Bonchev–Trinajstić information content (AvgIpc) is 2.73. The van der Waals surface area contributed by atoms with Gasteiger partial charge >= 0.3 is 0 Å². The van der Waals surface area contributed by atoms with E-state index in [0.717, 1.165) is 18.4 Å². The van der Waals surface area contributed by atoms with Gasteiger partial charge in [-0.3, -0.25) is 4.90 Å². The van der Waals surface area contributed by atoms with Crippen LogP contribution < -0.4 is 5.73 Å². The van der Waals surface area contributed by atoms with Gasteiger partial charge in [-0.25, -0.2) is 0 Å². The molecule has 2 heterocycles. The van der Waals surface area contributed by atoms with E-state index < -0.39 is 0 Å². The molecule has 0 radical (unpaired) electrons. The highest BCUT2D eigenvalue weighted by atomic mass is 32.2. The van der Waals surface area contributed by atoms with Gasteiger partial charge in [0, 0.05) is 12.6 Å². The Labute approximate surface area is 123 Å². The fourth-order valence-electron chi connectivity index (χ4n) is 3.81. The van der Waals surface area contributed by atoms with Crippen molar-refractivity contribution in [2.75, 3.05) is 31.1 Å². The quantitative estimate of drug-likeness (QED) is 0.863. The monoisotopic (exact) mass is 284 g/mol. The number of hydrogen-bond acceptors (Lipinski definition) is 3. The lowest BCUT2D eigenvalue weighted by Gasteiger charge is -2.34. The Hall–Kier alpha value is 0.270. The van der Waals surface area contributed by atoms with Gasteiger partial charge in [-0.2, -0.15) is 11.8 Å². The Bertz CT molecular complexity index is 268. The lowest BCUT2D eigenvalue weighted by Crippen LogP contribution is -2.46. The molecule has 0 aliphatic carbocycles. The van der Waals surface area contributed by atoms with Crippen LogP contribution >= 0.6 is 11.8 Å². The molecular formula is C16H32N2S. The van der Waals surface area contributed by atoms with Crippen LogP contribution in [0.5, 0.6) is 0 Å². The standard InChI is InChI=1S/C16H32N2S/c1-16(2,3)14-5-4-8-18(9-6-14)15(11-17)13-7-10-19-12-13/h13-15H,4-12,17H2,1-3H3. The highest BCUT2D eigenvalue weighted by molar-refractivity contribution is 7.99. The number of nitrogens with two attached hydrogens (primary N) is 1. The molecule has 2 N–H and O–H groups in total. The van der Waals surface area contributed by atoms with Crippen molar-refractivity contribution >= 4 is 11.8 Å². The molecular weight excluding hydrogens is 252 g/mol. The summed E-state index contributed by atoms with van der Waals surface area (Å²) >= 11 is 2.12. The summed E-state index contributed by atoms with van der Waals surface area (Å²) in [6.45, 7) is 10.6. The van der Waals surface area contributed by atoms with Gasteiger partial charge in [0.2, 0.25) is 0 Å². The first-order valence-electron chi connectivity index (χ1n) is 8.04. The predicted octanol–water partition coefficient (Wildman–Crippen LogP) is 3.22. The summed E-state index contributed by atoms with van der Waals surface area (Å²) in [5.74, 6) is 4.41. The van der Waals surface area contributed by atoms with Crippen LogP contribution in [0.2, 0.25) is 0 Å². The first kappa shape index (κ1) is 15.7. The van der Waals surface area contributed by atoms with Gasteiger partial charge in [0.15, 0.2) is 0 Å². The first-order valence-corrected chi connectivity index (χ1v) is 9.19. The fourth-order valence-corrected chi connectivity index (χ4v) is 5.14. The van der Waals surface area contributed by atoms with Gasteiger partial charge in [-0.05, 0) is 67.5 Å². The van der Waals surface area contributed by atoms with E-state index in [1.54, 1.807) is 0 Å². The molecule has 0 spiro atoms. The molecule has 19 heavy (non-hydrogen) atoms. The molecule has 2 nitrogen and oxygen atoms in total. The van der Waals surface area contributed by atoms with Gasteiger partial charge in [0.1, 0.15) is 0 Å². The molecule has 0 saturated carbocycles. The second-order valence-electron chi connectivity index (χ2n) is 7.46. The van der Waals surface area contributed by atoms with Crippen molar-refractivity contribution in [2.24, 2.45) is 23.0 Å². The molecule has 3 atom stereocenters. The van der Waals surface area contributed by atoms with Gasteiger partial charge < -0.3 is 5.73 Å². The zero-order chi connectivity index (χ0) is 13.9. The number of hydrogen-bond donors (Lipinski definition) is 1. The highest BCUT2D eigenvalue weighted by Crippen LogP contribution is 2.36. The summed E-state index contributed by atoms with van der Waals surface area (Å²) in [4.78, 5) is 2.72. The fraction of sp³-hybridized carbons (Fsp3) is 1.00. The van der Waals surface area contributed by atoms with Crippen molar-refractivity contribution in [3.8, 4) is 0 Å². The zero-order valence-electron chi connectivity index (χ0n) is 13.0. The Morgan fingerprint density at radius 1 is 1.21 bits per heavy atom. The summed E-state index contributed by atoms with van der Waals surface area (Å²) in [6.07, 6.45) is 5.50. The normalized spacial score (nSPS) is 32.2. The molecule has 2 rings (SSSR count). The molecule has 3 heteroatoms. The minimum absolute atomic E-state index is 0.470. The molecule has 112 valence electrons. The van der Waals surface area contributed by atoms with Crippen LogP contribution in [-0.2, 0) is 0 Å². The number of likely N-dealkylation sites (tertiary alicyclic amines) is 1. The predicted molar refractivity (Wildman–Crippen MR) is 86.6 cm³/mol.